The first kappa shape index (κ1) is 56.1. The van der Waals surface area contributed by atoms with E-state index in [1.165, 1.54) is 0 Å². The van der Waals surface area contributed by atoms with Crippen molar-refractivity contribution in [1.29, 1.82) is 0 Å². The Labute approximate surface area is 482 Å². The van der Waals surface area contributed by atoms with Gasteiger partial charge < -0.3 is 76.2 Å². The van der Waals surface area contributed by atoms with E-state index in [1.807, 2.05) is 212 Å². The molecule has 0 amide bonds. The summed E-state index contributed by atoms with van der Waals surface area (Å²) in [5.41, 5.74) is 6.09. The summed E-state index contributed by atoms with van der Waals surface area (Å²) in [4.78, 5) is 0. The summed E-state index contributed by atoms with van der Waals surface area (Å²) in [5.74, 6) is 0. The molecule has 16 heteroatoms. The number of hydrogen-bond donors (Lipinski definition) is 1. The SMILES string of the molecule is O[C@@H]1[C@H](O[C@@H]2[C@H](O[C@@H]3[C@@H](OCc4ccccc4)O[C@@H]4CO[C@@H](c5ccccc5)O[C@H]4[C@@H]3OCc3ccccc3)O[C@@H]3CO[C@@H](c4ccccc4)O[C@H]3[C@@H]2OCc2ccccc2)O[C@@H]2CO[C@@H](c3ccccc3)O[C@H]2[C@@H]1OCc1ccccc1. The van der Waals surface area contributed by atoms with E-state index in [-0.39, 0.29) is 46.2 Å². The van der Waals surface area contributed by atoms with Gasteiger partial charge in [-0.2, -0.15) is 0 Å². The van der Waals surface area contributed by atoms with Crippen LogP contribution in [0.1, 0.15) is 57.8 Å². The summed E-state index contributed by atoms with van der Waals surface area (Å²) in [6.07, 6.45) is -17.2. The monoisotopic (exact) mass is 1130 g/mol. The van der Waals surface area contributed by atoms with E-state index in [9.17, 15) is 5.11 Å². The van der Waals surface area contributed by atoms with Crippen molar-refractivity contribution in [3.63, 3.8) is 0 Å². The number of hydrogen-bond acceptors (Lipinski definition) is 16. The van der Waals surface area contributed by atoms with Crippen LogP contribution in [-0.2, 0) is 97.5 Å². The highest BCUT2D eigenvalue weighted by Gasteiger charge is 2.59. The lowest BCUT2D eigenvalue weighted by Crippen LogP contribution is -2.69. The molecule has 6 fully saturated rings. The fraction of sp³-hybridized carbons (Fsp3) is 0.373. The van der Waals surface area contributed by atoms with Gasteiger partial charge in [-0.15, -0.1) is 0 Å². The first-order valence-corrected chi connectivity index (χ1v) is 28.6. The zero-order valence-corrected chi connectivity index (χ0v) is 45.6. The fourth-order valence-corrected chi connectivity index (χ4v) is 11.6. The number of aliphatic hydroxyl groups excluding tert-OH is 1. The van der Waals surface area contributed by atoms with Crippen molar-refractivity contribution in [2.75, 3.05) is 19.8 Å². The quantitative estimate of drug-likeness (QED) is 0.0815. The van der Waals surface area contributed by atoms with Crippen LogP contribution in [0.2, 0.25) is 0 Å². The first-order chi connectivity index (χ1) is 41.0. The van der Waals surface area contributed by atoms with E-state index < -0.39 is 111 Å². The first-order valence-electron chi connectivity index (χ1n) is 28.6. The highest BCUT2D eigenvalue weighted by molar-refractivity contribution is 5.21. The summed E-state index contributed by atoms with van der Waals surface area (Å²) in [6.45, 7) is 1.00. The Morgan fingerprint density at radius 1 is 0.301 bits per heavy atom. The second-order valence-electron chi connectivity index (χ2n) is 21.4. The van der Waals surface area contributed by atoms with Crippen LogP contribution in [0.4, 0.5) is 0 Å². The highest BCUT2D eigenvalue weighted by atomic mass is 16.8. The third kappa shape index (κ3) is 13.2. The van der Waals surface area contributed by atoms with Gasteiger partial charge in [-0.3, -0.25) is 0 Å². The van der Waals surface area contributed by atoms with E-state index in [2.05, 4.69) is 0 Å². The van der Waals surface area contributed by atoms with Gasteiger partial charge in [0.1, 0.15) is 73.2 Å². The van der Waals surface area contributed by atoms with E-state index in [1.54, 1.807) is 0 Å². The molecule has 0 aliphatic carbocycles. The number of fused-ring (bicyclic) bond motifs is 3. The molecule has 7 aromatic carbocycles. The van der Waals surface area contributed by atoms with Gasteiger partial charge in [-0.05, 0) is 22.3 Å². The highest BCUT2D eigenvalue weighted by Crippen LogP contribution is 2.44. The van der Waals surface area contributed by atoms with Crippen LogP contribution < -0.4 is 0 Å². The summed E-state index contributed by atoms with van der Waals surface area (Å²) >= 11 is 0. The van der Waals surface area contributed by atoms with Crippen molar-refractivity contribution >= 4 is 0 Å². The normalized spacial score (nSPS) is 33.3. The van der Waals surface area contributed by atoms with Crippen molar-refractivity contribution in [2.24, 2.45) is 0 Å². The molecule has 432 valence electrons. The van der Waals surface area contributed by atoms with Gasteiger partial charge in [-0.25, -0.2) is 0 Å². The molecule has 0 bridgehead atoms. The van der Waals surface area contributed by atoms with Gasteiger partial charge in [0.2, 0.25) is 0 Å². The molecule has 0 unspecified atom stereocenters. The van der Waals surface area contributed by atoms with Crippen molar-refractivity contribution in [2.45, 2.75) is 137 Å². The van der Waals surface area contributed by atoms with Crippen LogP contribution in [0, 0.1) is 0 Å². The summed E-state index contributed by atoms with van der Waals surface area (Å²) in [5, 5.41) is 12.9. The van der Waals surface area contributed by atoms with Crippen LogP contribution in [0.25, 0.3) is 0 Å². The van der Waals surface area contributed by atoms with Crippen LogP contribution >= 0.6 is 0 Å². The predicted molar refractivity (Wildman–Crippen MR) is 298 cm³/mol. The average Bonchev–Trinajstić information content (AvgIpc) is 3.74. The number of benzene rings is 7. The van der Waals surface area contributed by atoms with Gasteiger partial charge in [0.15, 0.2) is 37.7 Å². The van der Waals surface area contributed by atoms with Crippen LogP contribution in [0.3, 0.4) is 0 Å². The summed E-state index contributed by atoms with van der Waals surface area (Å²) in [7, 11) is 0. The molecule has 1 N–H and O–H groups in total. The smallest absolute Gasteiger partial charge is 0.187 e. The molecule has 0 radical (unpaired) electrons. The van der Waals surface area contributed by atoms with E-state index in [0.717, 1.165) is 38.9 Å². The molecule has 16 nitrogen and oxygen atoms in total. The van der Waals surface area contributed by atoms with Gasteiger partial charge in [0.25, 0.3) is 0 Å². The second-order valence-corrected chi connectivity index (χ2v) is 21.4. The van der Waals surface area contributed by atoms with Crippen LogP contribution in [0.15, 0.2) is 212 Å². The van der Waals surface area contributed by atoms with Crippen molar-refractivity contribution in [3.8, 4) is 0 Å². The minimum absolute atomic E-state index is 0.0912. The Balaban J connectivity index is 0.884. The molecule has 18 atom stereocenters. The topological polar surface area (TPSA) is 159 Å². The van der Waals surface area contributed by atoms with Crippen molar-refractivity contribution in [1.82, 2.24) is 0 Å². The number of ether oxygens (including phenoxy) is 15. The molecule has 83 heavy (non-hydrogen) atoms. The zero-order chi connectivity index (χ0) is 55.7. The van der Waals surface area contributed by atoms with Gasteiger partial charge in [0, 0.05) is 16.7 Å². The molecule has 13 rings (SSSR count). The predicted octanol–water partition coefficient (Wildman–Crippen LogP) is 9.61. The Morgan fingerprint density at radius 3 is 0.976 bits per heavy atom. The Kier molecular flexibility index (Phi) is 18.1. The van der Waals surface area contributed by atoms with E-state index in [0.29, 0.717) is 0 Å². The second kappa shape index (κ2) is 26.9. The maximum absolute atomic E-state index is 12.9. The third-order valence-corrected chi connectivity index (χ3v) is 15.8. The molecule has 0 saturated carbocycles. The largest absolute Gasteiger partial charge is 0.385 e. The van der Waals surface area contributed by atoms with Crippen molar-refractivity contribution in [3.05, 3.63) is 251 Å². The third-order valence-electron chi connectivity index (χ3n) is 15.8. The average molecular weight is 1130 g/mol. The lowest BCUT2D eigenvalue weighted by atomic mass is 9.94. The fourth-order valence-electron chi connectivity index (χ4n) is 11.6. The molecule has 0 aromatic heterocycles. The minimum Gasteiger partial charge on any atom is -0.385 e. The maximum atomic E-state index is 12.9. The van der Waals surface area contributed by atoms with Gasteiger partial charge in [0.05, 0.1) is 46.2 Å². The number of rotatable bonds is 19. The molecular weight excluding hydrogens is 1060 g/mol. The number of aliphatic hydroxyl groups is 1. The standard InChI is InChI=1S/C67H68O16/c68-53-57(69-36-43-22-8-1-9-23-43)54-50(40-73-62(79-54)47-30-16-5-17-31-47)76-65(53)82-61-59(71-38-45-26-12-3-13-27-45)56-52(42-75-64(81-56)49-34-20-7-21-35-49)78-67(61)83-60-58(70-37-44-24-10-2-11-25-44)55-51(41-74-63(80-55)48-32-18-6-19-33-48)77-66(60)72-39-46-28-14-4-15-29-46/h1-35,50-68H,36-42H2/t50-,51-,52-,53+,54-,55-,56-,57-,58+,59+,60+,61+,62-,63-,64-,65+,66+,67+/m1/s1. The maximum Gasteiger partial charge on any atom is 0.187 e. The molecule has 6 heterocycles. The Hall–Kier alpha value is -6.10. The van der Waals surface area contributed by atoms with Gasteiger partial charge >= 0.3 is 0 Å². The summed E-state index contributed by atoms with van der Waals surface area (Å²) < 4.78 is 103. The Morgan fingerprint density at radius 2 is 0.590 bits per heavy atom. The van der Waals surface area contributed by atoms with Crippen LogP contribution in [-0.4, -0.2) is 117 Å². The lowest BCUT2D eigenvalue weighted by molar-refractivity contribution is -0.430. The molecule has 6 aliphatic rings. The zero-order valence-electron chi connectivity index (χ0n) is 45.6. The minimum atomic E-state index is -1.44. The van der Waals surface area contributed by atoms with E-state index >= 15 is 0 Å². The lowest BCUT2D eigenvalue weighted by Gasteiger charge is -2.53. The van der Waals surface area contributed by atoms with Crippen molar-refractivity contribution < 1.29 is 76.2 Å². The Bertz CT molecular complexity index is 3050. The summed E-state index contributed by atoms with van der Waals surface area (Å²) in [6, 6.07) is 68.5. The van der Waals surface area contributed by atoms with Gasteiger partial charge in [-0.1, -0.05) is 212 Å². The molecule has 6 saturated heterocycles. The molecular formula is C67H68O16. The van der Waals surface area contributed by atoms with Crippen LogP contribution in [0.5, 0.6) is 0 Å². The molecule has 6 aliphatic heterocycles. The molecule has 0 spiro atoms. The van der Waals surface area contributed by atoms with E-state index in [4.69, 9.17) is 71.1 Å². The molecule has 7 aromatic rings.